The normalized spacial score (nSPS) is 23.4. The molecule has 17 heavy (non-hydrogen) atoms. The Kier molecular flexibility index (Phi) is 4.74. The molecule has 0 aromatic rings. The first-order chi connectivity index (χ1) is 7.97. The summed E-state index contributed by atoms with van der Waals surface area (Å²) in [7, 11) is 0. The van der Waals surface area contributed by atoms with E-state index >= 15 is 0 Å². The van der Waals surface area contributed by atoms with Crippen LogP contribution in [0.5, 0.6) is 0 Å². The van der Waals surface area contributed by atoms with Gasteiger partial charge in [0.05, 0.1) is 18.6 Å². The van der Waals surface area contributed by atoms with Gasteiger partial charge in [0.15, 0.2) is 0 Å². The van der Waals surface area contributed by atoms with E-state index in [0.717, 1.165) is 6.42 Å². The van der Waals surface area contributed by atoms with Gasteiger partial charge in [-0.3, -0.25) is 4.79 Å². The van der Waals surface area contributed by atoms with Gasteiger partial charge < -0.3 is 20.1 Å². The van der Waals surface area contributed by atoms with Crippen molar-refractivity contribution in [2.24, 2.45) is 0 Å². The van der Waals surface area contributed by atoms with E-state index in [1.165, 1.54) is 4.90 Å². The summed E-state index contributed by atoms with van der Waals surface area (Å²) in [5.74, 6) is -0.897. The molecule has 2 amide bonds. The molecule has 1 rings (SSSR count). The smallest absolute Gasteiger partial charge is 0.317 e. The summed E-state index contributed by atoms with van der Waals surface area (Å²) in [5, 5.41) is 11.5. The largest absolute Gasteiger partial charge is 0.481 e. The Morgan fingerprint density at radius 1 is 1.53 bits per heavy atom. The lowest BCUT2D eigenvalue weighted by molar-refractivity contribution is -0.137. The fourth-order valence-corrected chi connectivity index (χ4v) is 1.74. The van der Waals surface area contributed by atoms with Crippen molar-refractivity contribution in [1.29, 1.82) is 0 Å². The van der Waals surface area contributed by atoms with E-state index in [0.29, 0.717) is 19.8 Å². The Labute approximate surface area is 101 Å². The predicted molar refractivity (Wildman–Crippen MR) is 61.9 cm³/mol. The maximum Gasteiger partial charge on any atom is 0.317 e. The van der Waals surface area contributed by atoms with Crippen LogP contribution in [0, 0.1) is 0 Å². The summed E-state index contributed by atoms with van der Waals surface area (Å²) in [6.07, 6.45) is 0.754. The first-order valence-electron chi connectivity index (χ1n) is 5.83. The fraction of sp³-hybridized carbons (Fsp3) is 0.818. The van der Waals surface area contributed by atoms with Crippen LogP contribution in [-0.4, -0.2) is 53.8 Å². The Morgan fingerprint density at radius 2 is 2.24 bits per heavy atom. The maximum atomic E-state index is 11.9. The van der Waals surface area contributed by atoms with Gasteiger partial charge >= 0.3 is 12.0 Å². The molecule has 1 saturated heterocycles. The third kappa shape index (κ3) is 4.22. The summed E-state index contributed by atoms with van der Waals surface area (Å²) in [4.78, 5) is 23.9. The third-order valence-electron chi connectivity index (χ3n) is 2.89. The van der Waals surface area contributed by atoms with Gasteiger partial charge in [-0.15, -0.1) is 0 Å². The minimum absolute atomic E-state index is 0.0333. The van der Waals surface area contributed by atoms with Crippen LogP contribution >= 0.6 is 0 Å². The molecule has 6 nitrogen and oxygen atoms in total. The highest BCUT2D eigenvalue weighted by molar-refractivity contribution is 5.76. The highest BCUT2D eigenvalue weighted by Gasteiger charge is 2.32. The molecule has 1 heterocycles. The molecule has 0 spiro atoms. The molecule has 1 atom stereocenters. The Bertz CT molecular complexity index is 287. The summed E-state index contributed by atoms with van der Waals surface area (Å²) in [6.45, 7) is 5.65. The van der Waals surface area contributed by atoms with Gasteiger partial charge in [-0.1, -0.05) is 0 Å². The average Bonchev–Trinajstić information content (AvgIpc) is 2.65. The number of nitrogens with zero attached hydrogens (tertiary/aromatic N) is 1. The number of amides is 2. The number of rotatable bonds is 5. The number of carboxylic acids is 1. The molecular formula is C11H20N2O4. The van der Waals surface area contributed by atoms with Crippen LogP contribution in [-0.2, 0) is 9.53 Å². The zero-order chi connectivity index (χ0) is 12.9. The van der Waals surface area contributed by atoms with Gasteiger partial charge in [0.25, 0.3) is 0 Å². The van der Waals surface area contributed by atoms with Crippen LogP contribution in [0.15, 0.2) is 0 Å². The number of carbonyl (C=O) groups is 2. The molecule has 0 aliphatic carbocycles. The van der Waals surface area contributed by atoms with E-state index in [2.05, 4.69) is 5.32 Å². The number of hydrogen-bond donors (Lipinski definition) is 2. The monoisotopic (exact) mass is 244 g/mol. The fourth-order valence-electron chi connectivity index (χ4n) is 1.74. The number of nitrogens with one attached hydrogen (secondary N) is 1. The highest BCUT2D eigenvalue weighted by Crippen LogP contribution is 2.17. The minimum atomic E-state index is -0.897. The summed E-state index contributed by atoms with van der Waals surface area (Å²) in [6, 6.07) is -0.221. The number of urea groups is 1. The van der Waals surface area contributed by atoms with E-state index in [-0.39, 0.29) is 24.5 Å². The van der Waals surface area contributed by atoms with E-state index in [4.69, 9.17) is 9.84 Å². The average molecular weight is 244 g/mol. The van der Waals surface area contributed by atoms with Crippen molar-refractivity contribution >= 4 is 12.0 Å². The highest BCUT2D eigenvalue weighted by atomic mass is 16.5. The van der Waals surface area contributed by atoms with Gasteiger partial charge in [0.2, 0.25) is 0 Å². The van der Waals surface area contributed by atoms with E-state index in [1.807, 2.05) is 13.8 Å². The van der Waals surface area contributed by atoms with Crippen molar-refractivity contribution in [2.45, 2.75) is 32.2 Å². The molecule has 2 N–H and O–H groups in total. The Morgan fingerprint density at radius 3 is 2.71 bits per heavy atom. The molecule has 98 valence electrons. The molecule has 0 aromatic heterocycles. The van der Waals surface area contributed by atoms with Crippen molar-refractivity contribution in [1.82, 2.24) is 10.2 Å². The van der Waals surface area contributed by atoms with Gasteiger partial charge in [-0.05, 0) is 20.3 Å². The van der Waals surface area contributed by atoms with Crippen LogP contribution < -0.4 is 5.32 Å². The maximum absolute atomic E-state index is 11.9. The minimum Gasteiger partial charge on any atom is -0.481 e. The van der Waals surface area contributed by atoms with Crippen LogP contribution in [0.1, 0.15) is 26.7 Å². The molecule has 1 fully saturated rings. The number of carbonyl (C=O) groups excluding carboxylic acids is 1. The molecule has 0 aromatic carbocycles. The molecule has 6 heteroatoms. The molecular weight excluding hydrogens is 224 g/mol. The molecule has 1 aliphatic heterocycles. The van der Waals surface area contributed by atoms with Crippen LogP contribution in [0.4, 0.5) is 4.79 Å². The summed E-state index contributed by atoms with van der Waals surface area (Å²) in [5.41, 5.74) is -0.326. The summed E-state index contributed by atoms with van der Waals surface area (Å²) < 4.78 is 5.25. The second-order valence-corrected chi connectivity index (χ2v) is 4.52. The lowest BCUT2D eigenvalue weighted by Gasteiger charge is -2.28. The first-order valence-corrected chi connectivity index (χ1v) is 5.83. The molecule has 0 saturated carbocycles. The molecule has 1 aliphatic rings. The van der Waals surface area contributed by atoms with Crippen LogP contribution in [0.25, 0.3) is 0 Å². The molecule has 1 unspecified atom stereocenters. The summed E-state index contributed by atoms with van der Waals surface area (Å²) >= 11 is 0. The van der Waals surface area contributed by atoms with Crippen molar-refractivity contribution in [3.8, 4) is 0 Å². The van der Waals surface area contributed by atoms with Crippen molar-refractivity contribution in [2.75, 3.05) is 26.3 Å². The van der Waals surface area contributed by atoms with Gasteiger partial charge in [-0.25, -0.2) is 4.79 Å². The SMILES string of the molecule is CCN(CCC(=O)O)C(=O)NC1(C)CCOC1. The van der Waals surface area contributed by atoms with E-state index in [1.54, 1.807) is 0 Å². The van der Waals surface area contributed by atoms with Gasteiger partial charge in [0, 0.05) is 19.7 Å². The van der Waals surface area contributed by atoms with Crippen LogP contribution in [0.3, 0.4) is 0 Å². The predicted octanol–water partition coefficient (Wildman–Crippen LogP) is 0.672. The van der Waals surface area contributed by atoms with Gasteiger partial charge in [0.1, 0.15) is 0 Å². The number of carboxylic acid groups (broad SMARTS) is 1. The second kappa shape index (κ2) is 5.86. The zero-order valence-electron chi connectivity index (χ0n) is 10.4. The zero-order valence-corrected chi connectivity index (χ0v) is 10.4. The number of ether oxygens (including phenoxy) is 1. The number of aliphatic carboxylic acids is 1. The van der Waals surface area contributed by atoms with Crippen molar-refractivity contribution < 1.29 is 19.4 Å². The Hall–Kier alpha value is -1.30. The van der Waals surface area contributed by atoms with Crippen molar-refractivity contribution in [3.63, 3.8) is 0 Å². The van der Waals surface area contributed by atoms with Crippen LogP contribution in [0.2, 0.25) is 0 Å². The first kappa shape index (κ1) is 13.8. The molecule has 0 bridgehead atoms. The third-order valence-corrected chi connectivity index (χ3v) is 2.89. The lowest BCUT2D eigenvalue weighted by atomic mass is 10.0. The van der Waals surface area contributed by atoms with E-state index < -0.39 is 5.97 Å². The number of hydrogen-bond acceptors (Lipinski definition) is 3. The quantitative estimate of drug-likeness (QED) is 0.745. The Balaban J connectivity index is 2.45. The standard InChI is InChI=1S/C11H20N2O4/c1-3-13(6-4-9(14)15)10(16)12-11(2)5-7-17-8-11/h3-8H2,1-2H3,(H,12,16)(H,14,15). The second-order valence-electron chi connectivity index (χ2n) is 4.52. The topological polar surface area (TPSA) is 78.9 Å². The van der Waals surface area contributed by atoms with E-state index in [9.17, 15) is 9.59 Å². The molecule has 0 radical (unpaired) electrons. The van der Waals surface area contributed by atoms with Crippen molar-refractivity contribution in [3.05, 3.63) is 0 Å². The lowest BCUT2D eigenvalue weighted by Crippen LogP contribution is -2.52. The van der Waals surface area contributed by atoms with Gasteiger partial charge in [-0.2, -0.15) is 0 Å².